The molecule has 0 aliphatic rings. The Morgan fingerprint density at radius 1 is 0.323 bits per heavy atom. The second kappa shape index (κ2) is 52.9. The molecule has 0 saturated heterocycles. The molecule has 6 heteroatoms. The van der Waals surface area contributed by atoms with Gasteiger partial charge in [-0.1, -0.05) is 234 Å². The number of carbonyl (C=O) groups is 3. The quantitative estimate of drug-likeness (QED) is 0.0262. The van der Waals surface area contributed by atoms with E-state index in [-0.39, 0.29) is 31.6 Å². The molecule has 0 saturated carbocycles. The van der Waals surface area contributed by atoms with E-state index in [1.807, 2.05) is 12.2 Å². The van der Waals surface area contributed by atoms with Crippen molar-refractivity contribution in [1.29, 1.82) is 0 Å². The molecule has 0 spiro atoms. The van der Waals surface area contributed by atoms with Crippen molar-refractivity contribution >= 4 is 17.9 Å². The molecule has 0 bridgehead atoms. The molecule has 0 fully saturated rings. The van der Waals surface area contributed by atoms with E-state index >= 15 is 0 Å². The minimum Gasteiger partial charge on any atom is -0.462 e. The zero-order chi connectivity index (χ0) is 47.2. The minimum absolute atomic E-state index is 0.105. The first-order valence-electron chi connectivity index (χ1n) is 26.7. The van der Waals surface area contributed by atoms with Crippen molar-refractivity contribution in [3.8, 4) is 0 Å². The molecule has 0 radical (unpaired) electrons. The van der Waals surface area contributed by atoms with Gasteiger partial charge in [-0.3, -0.25) is 14.4 Å². The van der Waals surface area contributed by atoms with Crippen molar-refractivity contribution in [3.63, 3.8) is 0 Å². The van der Waals surface area contributed by atoms with Gasteiger partial charge in [-0.05, 0) is 83.5 Å². The second-order valence-electron chi connectivity index (χ2n) is 17.4. The first-order chi connectivity index (χ1) is 32.0. The molecule has 0 N–H and O–H groups in total. The number of carbonyl (C=O) groups excluding carboxylic acids is 3. The van der Waals surface area contributed by atoms with E-state index in [9.17, 15) is 14.4 Å². The summed E-state index contributed by atoms with van der Waals surface area (Å²) in [5, 5.41) is 0. The van der Waals surface area contributed by atoms with Crippen LogP contribution in [0.15, 0.2) is 97.2 Å². The van der Waals surface area contributed by atoms with Crippen LogP contribution in [0.25, 0.3) is 0 Å². The van der Waals surface area contributed by atoms with E-state index in [2.05, 4.69) is 106 Å². The molecule has 0 heterocycles. The molecule has 370 valence electrons. The van der Waals surface area contributed by atoms with E-state index in [1.54, 1.807) is 0 Å². The van der Waals surface area contributed by atoms with Gasteiger partial charge in [0, 0.05) is 19.3 Å². The van der Waals surface area contributed by atoms with Gasteiger partial charge < -0.3 is 14.2 Å². The fourth-order valence-electron chi connectivity index (χ4n) is 7.15. The van der Waals surface area contributed by atoms with E-state index in [0.717, 1.165) is 89.9 Å². The Morgan fingerprint density at radius 3 is 1.00 bits per heavy atom. The summed E-state index contributed by atoms with van der Waals surface area (Å²) in [4.78, 5) is 37.9. The van der Waals surface area contributed by atoms with Crippen molar-refractivity contribution in [1.82, 2.24) is 0 Å². The lowest BCUT2D eigenvalue weighted by Crippen LogP contribution is -2.30. The highest BCUT2D eigenvalue weighted by molar-refractivity contribution is 5.71. The van der Waals surface area contributed by atoms with Gasteiger partial charge in [0.2, 0.25) is 0 Å². The summed E-state index contributed by atoms with van der Waals surface area (Å²) < 4.78 is 16.7. The molecular formula is C59H98O6. The lowest BCUT2D eigenvalue weighted by Gasteiger charge is -2.18. The van der Waals surface area contributed by atoms with E-state index in [1.165, 1.54) is 103 Å². The molecule has 65 heavy (non-hydrogen) atoms. The molecule has 6 nitrogen and oxygen atoms in total. The van der Waals surface area contributed by atoms with Crippen LogP contribution in [0.4, 0.5) is 0 Å². The third kappa shape index (κ3) is 51.2. The van der Waals surface area contributed by atoms with Crippen LogP contribution in [0.2, 0.25) is 0 Å². The summed E-state index contributed by atoms with van der Waals surface area (Å²) in [6.07, 6.45) is 70.0. The number of allylic oxidation sites excluding steroid dienone is 16. The smallest absolute Gasteiger partial charge is 0.306 e. The van der Waals surface area contributed by atoms with Crippen molar-refractivity contribution in [2.24, 2.45) is 0 Å². The molecule has 0 aliphatic heterocycles. The molecule has 0 aromatic heterocycles. The maximum absolute atomic E-state index is 12.7. The van der Waals surface area contributed by atoms with Crippen LogP contribution >= 0.6 is 0 Å². The normalized spacial score (nSPS) is 12.8. The van der Waals surface area contributed by atoms with Gasteiger partial charge in [-0.2, -0.15) is 0 Å². The Bertz CT molecular complexity index is 1310. The topological polar surface area (TPSA) is 78.9 Å². The number of ether oxygens (including phenoxy) is 3. The predicted molar refractivity (Wildman–Crippen MR) is 279 cm³/mol. The summed E-state index contributed by atoms with van der Waals surface area (Å²) in [6, 6.07) is 0. The Kier molecular flexibility index (Phi) is 50.0. The van der Waals surface area contributed by atoms with Crippen molar-refractivity contribution in [2.45, 2.75) is 245 Å². The van der Waals surface area contributed by atoms with Crippen LogP contribution in [-0.2, 0) is 28.6 Å². The first kappa shape index (κ1) is 61.3. The third-order valence-corrected chi connectivity index (χ3v) is 11.1. The van der Waals surface area contributed by atoms with Gasteiger partial charge in [-0.15, -0.1) is 0 Å². The molecule has 1 atom stereocenters. The van der Waals surface area contributed by atoms with Crippen molar-refractivity contribution < 1.29 is 28.6 Å². The summed E-state index contributed by atoms with van der Waals surface area (Å²) in [5.74, 6) is -0.994. The van der Waals surface area contributed by atoms with Crippen LogP contribution in [0.3, 0.4) is 0 Å². The van der Waals surface area contributed by atoms with Crippen LogP contribution in [0.1, 0.15) is 239 Å². The molecular weight excluding hydrogens is 805 g/mol. The second-order valence-corrected chi connectivity index (χ2v) is 17.4. The maximum atomic E-state index is 12.7. The number of hydrogen-bond acceptors (Lipinski definition) is 6. The lowest BCUT2D eigenvalue weighted by atomic mass is 10.0. The molecule has 0 aromatic carbocycles. The summed E-state index contributed by atoms with van der Waals surface area (Å²) in [5.41, 5.74) is 0. The van der Waals surface area contributed by atoms with Gasteiger partial charge in [0.25, 0.3) is 0 Å². The molecule has 0 rings (SSSR count). The monoisotopic (exact) mass is 903 g/mol. The lowest BCUT2D eigenvalue weighted by molar-refractivity contribution is -0.166. The van der Waals surface area contributed by atoms with E-state index in [0.29, 0.717) is 19.3 Å². The van der Waals surface area contributed by atoms with Crippen LogP contribution < -0.4 is 0 Å². The van der Waals surface area contributed by atoms with Gasteiger partial charge in [0.15, 0.2) is 6.10 Å². The van der Waals surface area contributed by atoms with Gasteiger partial charge in [0.05, 0.1) is 0 Å². The Morgan fingerprint density at radius 2 is 0.631 bits per heavy atom. The number of esters is 3. The molecule has 0 aromatic rings. The standard InChI is InChI=1S/C59H98O6/c1-4-7-10-13-16-19-21-23-24-25-26-27-28-29-30-31-32-33-34-36-37-40-43-46-49-52-58(61)64-55-56(54-63-57(60)51-48-45-42-39-18-15-12-9-6-3)65-59(62)53-50-47-44-41-38-35-22-20-17-14-11-8-5-2/h7-8,10-11,16-17,19-20,23-24,26-27,35,38,44,47,56H,4-6,9,12-15,18,21-22,25,28-34,36-37,39-43,45-46,48-55H2,1-3H3/b10-7-,11-8-,19-16-,20-17-,24-23-,27-26-,38-35-,47-44-. The molecule has 1 unspecified atom stereocenters. The van der Waals surface area contributed by atoms with Gasteiger partial charge in [-0.25, -0.2) is 0 Å². The fourth-order valence-corrected chi connectivity index (χ4v) is 7.15. The SMILES string of the molecule is CC/C=C\C/C=C\C/C=C\C/C=C\CCCCCCCCCCCCCCC(=O)OCC(COC(=O)CCCCCCCCCCC)OC(=O)CC/C=C\C/C=C\C/C=C\C/C=C\CC. The van der Waals surface area contributed by atoms with Gasteiger partial charge in [0.1, 0.15) is 13.2 Å². The van der Waals surface area contributed by atoms with Crippen molar-refractivity contribution in [2.75, 3.05) is 13.2 Å². The summed E-state index contributed by atoms with van der Waals surface area (Å²) in [6.45, 7) is 6.32. The van der Waals surface area contributed by atoms with E-state index < -0.39 is 12.1 Å². The third-order valence-electron chi connectivity index (χ3n) is 11.1. The number of unbranched alkanes of at least 4 members (excludes halogenated alkanes) is 20. The Labute approximate surface area is 400 Å². The highest BCUT2D eigenvalue weighted by Crippen LogP contribution is 2.15. The van der Waals surface area contributed by atoms with E-state index in [4.69, 9.17) is 14.2 Å². The Hall–Kier alpha value is -3.67. The Balaban J connectivity index is 4.26. The average Bonchev–Trinajstić information content (AvgIpc) is 3.30. The highest BCUT2D eigenvalue weighted by Gasteiger charge is 2.19. The number of hydrogen-bond donors (Lipinski definition) is 0. The first-order valence-corrected chi connectivity index (χ1v) is 26.7. The number of rotatable bonds is 47. The average molecular weight is 903 g/mol. The highest BCUT2D eigenvalue weighted by atomic mass is 16.6. The minimum atomic E-state index is -0.813. The zero-order valence-corrected chi connectivity index (χ0v) is 42.2. The van der Waals surface area contributed by atoms with Gasteiger partial charge >= 0.3 is 17.9 Å². The largest absolute Gasteiger partial charge is 0.462 e. The van der Waals surface area contributed by atoms with Crippen LogP contribution in [0, 0.1) is 0 Å². The zero-order valence-electron chi connectivity index (χ0n) is 42.2. The van der Waals surface area contributed by atoms with Crippen LogP contribution in [0.5, 0.6) is 0 Å². The summed E-state index contributed by atoms with van der Waals surface area (Å²) in [7, 11) is 0. The van der Waals surface area contributed by atoms with Crippen LogP contribution in [-0.4, -0.2) is 37.2 Å². The van der Waals surface area contributed by atoms with Crippen molar-refractivity contribution in [3.05, 3.63) is 97.2 Å². The summed E-state index contributed by atoms with van der Waals surface area (Å²) >= 11 is 0. The molecule has 0 aliphatic carbocycles. The fraction of sp³-hybridized carbons (Fsp3) is 0.678. The maximum Gasteiger partial charge on any atom is 0.306 e. The molecule has 0 amide bonds. The predicted octanol–water partition coefficient (Wildman–Crippen LogP) is 17.8.